The molecule has 12 nitrogen and oxygen atoms in total. The van der Waals surface area contributed by atoms with Gasteiger partial charge in [0.2, 0.25) is 5.75 Å². The highest BCUT2D eigenvalue weighted by atomic mass is 127. The molecular weight excluding hydrogens is 623 g/mol. The van der Waals surface area contributed by atoms with Gasteiger partial charge < -0.3 is 19.5 Å². The van der Waals surface area contributed by atoms with Crippen molar-refractivity contribution in [3.63, 3.8) is 0 Å². The highest BCUT2D eigenvalue weighted by molar-refractivity contribution is 14.1. The number of rotatable bonds is 11. The van der Waals surface area contributed by atoms with Crippen molar-refractivity contribution >= 4 is 51.6 Å². The van der Waals surface area contributed by atoms with Crippen molar-refractivity contribution in [1.29, 1.82) is 5.26 Å². The number of carbonyl (C=O) groups is 1. The van der Waals surface area contributed by atoms with E-state index in [1.165, 1.54) is 12.1 Å². The van der Waals surface area contributed by atoms with Gasteiger partial charge in [0.1, 0.15) is 17.4 Å². The summed E-state index contributed by atoms with van der Waals surface area (Å²) < 4.78 is 17.3. The van der Waals surface area contributed by atoms with Crippen LogP contribution in [0.15, 0.2) is 60.2 Å². The SMILES string of the molecule is CCOc1ccc(NC(=O)/C(C#N)=C\c2cc(I)c(Oc3ccc([N+](=O)[O-])cc3[N+](=O)[O-])c(OCC)c2)cc1. The van der Waals surface area contributed by atoms with Crippen molar-refractivity contribution in [1.82, 2.24) is 0 Å². The zero-order chi connectivity index (χ0) is 28.5. The maximum Gasteiger partial charge on any atom is 0.318 e. The molecule has 0 unspecified atom stereocenters. The summed E-state index contributed by atoms with van der Waals surface area (Å²) in [6.45, 7) is 4.30. The summed E-state index contributed by atoms with van der Waals surface area (Å²) in [4.78, 5) is 33.8. The molecule has 1 N–H and O–H groups in total. The first kappa shape index (κ1) is 28.9. The van der Waals surface area contributed by atoms with Crippen LogP contribution in [0.2, 0.25) is 0 Å². The molecule has 1 amide bonds. The van der Waals surface area contributed by atoms with Gasteiger partial charge in [-0.15, -0.1) is 0 Å². The molecular formula is C26H21IN4O8. The van der Waals surface area contributed by atoms with Gasteiger partial charge >= 0.3 is 5.69 Å². The Balaban J connectivity index is 1.93. The Bertz CT molecular complexity index is 1480. The Hall–Kier alpha value is -4.71. The number of non-ortho nitro benzene ring substituents is 1. The molecule has 0 bridgehead atoms. The van der Waals surface area contributed by atoms with E-state index in [-0.39, 0.29) is 29.4 Å². The number of nitro benzene ring substituents is 2. The van der Waals surface area contributed by atoms with Crippen molar-refractivity contribution in [2.24, 2.45) is 0 Å². The van der Waals surface area contributed by atoms with Crippen LogP contribution in [0.25, 0.3) is 6.08 Å². The molecule has 3 aromatic rings. The zero-order valence-electron chi connectivity index (χ0n) is 20.7. The molecule has 3 aromatic carbocycles. The van der Waals surface area contributed by atoms with Crippen LogP contribution < -0.4 is 19.5 Å². The van der Waals surface area contributed by atoms with Crippen LogP contribution >= 0.6 is 22.6 Å². The van der Waals surface area contributed by atoms with Gasteiger partial charge in [-0.3, -0.25) is 25.0 Å². The van der Waals surface area contributed by atoms with E-state index in [1.807, 2.05) is 35.6 Å². The number of benzene rings is 3. The van der Waals surface area contributed by atoms with Gasteiger partial charge in [0.15, 0.2) is 11.5 Å². The lowest BCUT2D eigenvalue weighted by molar-refractivity contribution is -0.394. The lowest BCUT2D eigenvalue weighted by atomic mass is 10.1. The Morgan fingerprint density at radius 3 is 2.28 bits per heavy atom. The van der Waals surface area contributed by atoms with Crippen molar-refractivity contribution in [2.45, 2.75) is 13.8 Å². The minimum absolute atomic E-state index is 0.129. The number of anilines is 1. The molecule has 0 spiro atoms. The number of carbonyl (C=O) groups excluding carboxylic acids is 1. The quantitative estimate of drug-likeness (QED) is 0.0835. The normalized spacial score (nSPS) is 10.8. The van der Waals surface area contributed by atoms with Crippen LogP contribution in [0.1, 0.15) is 19.4 Å². The Kier molecular flexibility index (Phi) is 9.76. The van der Waals surface area contributed by atoms with Crippen molar-refractivity contribution in [3.8, 4) is 29.1 Å². The monoisotopic (exact) mass is 644 g/mol. The number of halogens is 1. The summed E-state index contributed by atoms with van der Waals surface area (Å²) in [6, 6.07) is 14.7. The third-order valence-corrected chi connectivity index (χ3v) is 5.79. The van der Waals surface area contributed by atoms with Gasteiger partial charge in [0.25, 0.3) is 11.6 Å². The minimum atomic E-state index is -0.783. The summed E-state index contributed by atoms with van der Waals surface area (Å²) in [5.74, 6) is 0.110. The predicted molar refractivity (Wildman–Crippen MR) is 150 cm³/mol. The number of nitrogens with one attached hydrogen (secondary N) is 1. The topological polar surface area (TPSA) is 167 Å². The number of amides is 1. The summed E-state index contributed by atoms with van der Waals surface area (Å²) in [5.41, 5.74) is -0.317. The molecule has 0 saturated heterocycles. The molecule has 0 aliphatic rings. The molecule has 0 atom stereocenters. The summed E-state index contributed by atoms with van der Waals surface area (Å²) in [6.07, 6.45) is 1.37. The molecule has 0 radical (unpaired) electrons. The third-order valence-electron chi connectivity index (χ3n) is 4.99. The molecule has 0 saturated carbocycles. The van der Waals surface area contributed by atoms with Gasteiger partial charge in [0, 0.05) is 11.8 Å². The van der Waals surface area contributed by atoms with E-state index in [2.05, 4.69) is 5.32 Å². The first-order chi connectivity index (χ1) is 18.7. The van der Waals surface area contributed by atoms with Crippen LogP contribution in [-0.4, -0.2) is 29.0 Å². The van der Waals surface area contributed by atoms with Gasteiger partial charge in [-0.25, -0.2) is 0 Å². The summed E-state index contributed by atoms with van der Waals surface area (Å²) >= 11 is 1.92. The highest BCUT2D eigenvalue weighted by Gasteiger charge is 2.24. The number of hydrogen-bond donors (Lipinski definition) is 1. The van der Waals surface area contributed by atoms with E-state index in [1.54, 1.807) is 37.3 Å². The standard InChI is InChI=1S/C26H21IN4O8/c1-3-37-20-8-5-18(6-9-20)29-26(32)17(15-28)11-16-12-21(27)25(24(13-16)38-4-2)39-23-10-7-19(30(33)34)14-22(23)31(35)36/h5-14H,3-4H2,1-2H3,(H,29,32)/b17-11-. The Morgan fingerprint density at radius 2 is 1.69 bits per heavy atom. The van der Waals surface area contributed by atoms with E-state index < -0.39 is 27.1 Å². The van der Waals surface area contributed by atoms with Crippen LogP contribution in [0.5, 0.6) is 23.0 Å². The largest absolute Gasteiger partial charge is 0.494 e. The average molecular weight is 644 g/mol. The van der Waals surface area contributed by atoms with E-state index >= 15 is 0 Å². The second kappa shape index (κ2) is 13.2. The van der Waals surface area contributed by atoms with Crippen LogP contribution in [0.3, 0.4) is 0 Å². The van der Waals surface area contributed by atoms with E-state index in [4.69, 9.17) is 14.2 Å². The smallest absolute Gasteiger partial charge is 0.318 e. The first-order valence-corrected chi connectivity index (χ1v) is 12.5. The lowest BCUT2D eigenvalue weighted by Gasteiger charge is -2.15. The molecule has 39 heavy (non-hydrogen) atoms. The molecule has 200 valence electrons. The van der Waals surface area contributed by atoms with Crippen molar-refractivity contribution in [2.75, 3.05) is 18.5 Å². The molecule has 13 heteroatoms. The number of nitriles is 1. The fourth-order valence-electron chi connectivity index (χ4n) is 3.31. The van der Waals surface area contributed by atoms with Crippen molar-refractivity contribution in [3.05, 3.63) is 89.5 Å². The molecule has 0 fully saturated rings. The maximum atomic E-state index is 12.7. The average Bonchev–Trinajstić information content (AvgIpc) is 2.90. The van der Waals surface area contributed by atoms with E-state index in [0.717, 1.165) is 18.2 Å². The fourth-order valence-corrected chi connectivity index (χ4v) is 4.04. The van der Waals surface area contributed by atoms with Crippen molar-refractivity contribution < 1.29 is 28.9 Å². The molecule has 0 heterocycles. The minimum Gasteiger partial charge on any atom is -0.494 e. The summed E-state index contributed by atoms with van der Waals surface area (Å²) in [5, 5.41) is 34.8. The number of hydrogen-bond acceptors (Lipinski definition) is 9. The first-order valence-electron chi connectivity index (χ1n) is 11.4. The molecule has 0 aromatic heterocycles. The molecule has 0 aliphatic carbocycles. The number of ether oxygens (including phenoxy) is 3. The summed E-state index contributed by atoms with van der Waals surface area (Å²) in [7, 11) is 0. The zero-order valence-corrected chi connectivity index (χ0v) is 22.8. The van der Waals surface area contributed by atoms with Crippen LogP contribution in [-0.2, 0) is 4.79 Å². The van der Waals surface area contributed by atoms with Gasteiger partial charge in [-0.1, -0.05) is 0 Å². The Morgan fingerprint density at radius 1 is 1.00 bits per heavy atom. The number of nitrogens with zero attached hydrogens (tertiary/aromatic N) is 3. The van der Waals surface area contributed by atoms with E-state index in [0.29, 0.717) is 27.2 Å². The Labute approximate surface area is 236 Å². The fraction of sp³-hybridized carbons (Fsp3) is 0.154. The van der Waals surface area contributed by atoms with Gasteiger partial charge in [-0.2, -0.15) is 5.26 Å². The second-order valence-corrected chi connectivity index (χ2v) is 8.77. The van der Waals surface area contributed by atoms with Crippen LogP contribution in [0, 0.1) is 35.1 Å². The third kappa shape index (κ3) is 7.42. The second-order valence-electron chi connectivity index (χ2n) is 7.61. The number of nitro groups is 2. The predicted octanol–water partition coefficient (Wildman–Crippen LogP) is 6.24. The maximum absolute atomic E-state index is 12.7. The lowest BCUT2D eigenvalue weighted by Crippen LogP contribution is -2.13. The highest BCUT2D eigenvalue weighted by Crippen LogP contribution is 2.41. The van der Waals surface area contributed by atoms with Gasteiger partial charge in [0.05, 0.1) is 32.7 Å². The van der Waals surface area contributed by atoms with Gasteiger partial charge in [-0.05, 0) is 90.5 Å². The molecule has 3 rings (SSSR count). The van der Waals surface area contributed by atoms with E-state index in [9.17, 15) is 30.3 Å². The molecule has 0 aliphatic heterocycles. The van der Waals surface area contributed by atoms with Crippen LogP contribution in [0.4, 0.5) is 17.1 Å².